The maximum atomic E-state index is 5.70. The molecule has 2 aliphatic heterocycles. The molecule has 0 saturated carbocycles. The summed E-state index contributed by atoms with van der Waals surface area (Å²) in [5.41, 5.74) is 1.02. The Bertz CT molecular complexity index is 356. The van der Waals surface area contributed by atoms with E-state index in [4.69, 9.17) is 11.6 Å². The van der Waals surface area contributed by atoms with E-state index >= 15 is 0 Å². The van der Waals surface area contributed by atoms with Crippen molar-refractivity contribution in [2.24, 2.45) is 0 Å². The van der Waals surface area contributed by atoms with Gasteiger partial charge in [0.1, 0.15) is 0 Å². The smallest absolute Gasteiger partial charge is 0.151 e. The number of thioether (sulfide) groups is 1. The first-order valence-corrected chi connectivity index (χ1v) is 6.58. The van der Waals surface area contributed by atoms with Crippen molar-refractivity contribution in [3.63, 3.8) is 0 Å². The number of aromatic nitrogens is 2. The van der Waals surface area contributed by atoms with E-state index in [-0.39, 0.29) is 0 Å². The van der Waals surface area contributed by atoms with E-state index in [1.54, 1.807) is 0 Å². The van der Waals surface area contributed by atoms with Crippen molar-refractivity contribution in [3.05, 3.63) is 23.0 Å². The fourth-order valence-corrected chi connectivity index (χ4v) is 3.91. The van der Waals surface area contributed by atoms with Crippen LogP contribution in [0.5, 0.6) is 0 Å². The zero-order chi connectivity index (χ0) is 10.3. The lowest BCUT2D eigenvalue weighted by Crippen LogP contribution is -2.33. The Morgan fingerprint density at radius 3 is 3.00 bits per heavy atom. The molecule has 2 fully saturated rings. The molecule has 2 saturated heterocycles. The number of fused-ring (bicyclic) bond motifs is 2. The van der Waals surface area contributed by atoms with Crippen LogP contribution in [0.15, 0.2) is 12.1 Å². The molecule has 15 heavy (non-hydrogen) atoms. The molecule has 3 rings (SSSR count). The molecule has 0 aromatic carbocycles. The zero-order valence-corrected chi connectivity index (χ0v) is 9.84. The second-order valence-electron chi connectivity index (χ2n) is 4.12. The molecule has 3 nitrogen and oxygen atoms in total. The molecule has 2 atom stereocenters. The highest BCUT2D eigenvalue weighted by atomic mass is 35.5. The number of hydrogen-bond donors (Lipinski definition) is 0. The first-order valence-electron chi connectivity index (χ1n) is 5.15. The van der Waals surface area contributed by atoms with Gasteiger partial charge in [-0.2, -0.15) is 16.9 Å². The van der Waals surface area contributed by atoms with Gasteiger partial charge in [0.25, 0.3) is 0 Å². The average molecular weight is 242 g/mol. The summed E-state index contributed by atoms with van der Waals surface area (Å²) < 4.78 is 0. The molecule has 0 amide bonds. The second-order valence-corrected chi connectivity index (χ2v) is 5.84. The minimum atomic E-state index is 0.470. The Morgan fingerprint density at radius 1 is 1.47 bits per heavy atom. The number of likely N-dealkylation sites (tertiary alicyclic amines) is 1. The normalized spacial score (nSPS) is 29.9. The van der Waals surface area contributed by atoms with Crippen molar-refractivity contribution in [1.82, 2.24) is 15.1 Å². The minimum Gasteiger partial charge on any atom is -0.293 e. The van der Waals surface area contributed by atoms with Crippen LogP contribution < -0.4 is 0 Å². The monoisotopic (exact) mass is 241 g/mol. The largest absolute Gasteiger partial charge is 0.293 e. The summed E-state index contributed by atoms with van der Waals surface area (Å²) in [6.07, 6.45) is 1.35. The van der Waals surface area contributed by atoms with Crippen LogP contribution >= 0.6 is 23.4 Å². The number of nitrogens with zero attached hydrogens (tertiary/aromatic N) is 3. The Morgan fingerprint density at radius 2 is 2.40 bits per heavy atom. The number of hydrogen-bond acceptors (Lipinski definition) is 4. The first-order chi connectivity index (χ1) is 7.31. The molecule has 2 bridgehead atoms. The van der Waals surface area contributed by atoms with Crippen LogP contribution in [0.1, 0.15) is 12.1 Å². The van der Waals surface area contributed by atoms with E-state index in [2.05, 4.69) is 26.9 Å². The van der Waals surface area contributed by atoms with E-state index in [0.29, 0.717) is 5.15 Å². The Hall–Kier alpha value is -0.320. The van der Waals surface area contributed by atoms with E-state index in [1.165, 1.54) is 18.7 Å². The predicted molar refractivity (Wildman–Crippen MR) is 62.1 cm³/mol. The predicted octanol–water partition coefficient (Wildman–Crippen LogP) is 1.82. The maximum Gasteiger partial charge on any atom is 0.151 e. The molecule has 0 N–H and O–H groups in total. The van der Waals surface area contributed by atoms with Crippen molar-refractivity contribution in [1.29, 1.82) is 0 Å². The van der Waals surface area contributed by atoms with Crippen LogP contribution in [0.25, 0.3) is 0 Å². The molecule has 3 heterocycles. The maximum absolute atomic E-state index is 5.70. The van der Waals surface area contributed by atoms with Gasteiger partial charge in [-0.25, -0.2) is 0 Å². The summed E-state index contributed by atoms with van der Waals surface area (Å²) in [5, 5.41) is 9.29. The van der Waals surface area contributed by atoms with Crippen molar-refractivity contribution in [3.8, 4) is 0 Å². The molecular formula is C10H12ClN3S. The molecule has 0 radical (unpaired) electrons. The SMILES string of the molecule is Clc1ccc(CN2CC3CC2CS3)nn1. The van der Waals surface area contributed by atoms with E-state index in [9.17, 15) is 0 Å². The quantitative estimate of drug-likeness (QED) is 0.790. The second kappa shape index (κ2) is 3.92. The Labute approximate surface area is 98.2 Å². The van der Waals surface area contributed by atoms with Crippen LogP contribution in [0.3, 0.4) is 0 Å². The van der Waals surface area contributed by atoms with Crippen LogP contribution in [-0.4, -0.2) is 38.7 Å². The lowest BCUT2D eigenvalue weighted by atomic mass is 10.2. The van der Waals surface area contributed by atoms with Gasteiger partial charge in [0.05, 0.1) is 5.69 Å². The molecule has 1 aromatic heterocycles. The van der Waals surface area contributed by atoms with Gasteiger partial charge in [-0.05, 0) is 18.6 Å². The molecule has 0 aliphatic carbocycles. The minimum absolute atomic E-state index is 0.470. The lowest BCUT2D eigenvalue weighted by molar-refractivity contribution is 0.257. The number of halogens is 1. The van der Waals surface area contributed by atoms with Crippen LogP contribution in [0, 0.1) is 0 Å². The Kier molecular flexibility index (Phi) is 2.58. The van der Waals surface area contributed by atoms with E-state index in [0.717, 1.165) is 23.5 Å². The summed E-state index contributed by atoms with van der Waals surface area (Å²) >= 11 is 7.81. The third-order valence-corrected chi connectivity index (χ3v) is 4.66. The third kappa shape index (κ3) is 1.98. The molecule has 1 aromatic rings. The van der Waals surface area contributed by atoms with Crippen molar-refractivity contribution in [2.75, 3.05) is 12.3 Å². The van der Waals surface area contributed by atoms with Gasteiger partial charge >= 0.3 is 0 Å². The first kappa shape index (κ1) is 9.87. The summed E-state index contributed by atoms with van der Waals surface area (Å²) in [7, 11) is 0. The molecular weight excluding hydrogens is 230 g/mol. The third-order valence-electron chi connectivity index (χ3n) is 3.07. The molecule has 80 valence electrons. The van der Waals surface area contributed by atoms with Gasteiger partial charge in [0.2, 0.25) is 0 Å². The highest BCUT2D eigenvalue weighted by Gasteiger charge is 2.38. The van der Waals surface area contributed by atoms with Gasteiger partial charge in [-0.15, -0.1) is 5.10 Å². The fourth-order valence-electron chi connectivity index (χ4n) is 2.31. The van der Waals surface area contributed by atoms with Crippen LogP contribution in [0.2, 0.25) is 5.15 Å². The van der Waals surface area contributed by atoms with Gasteiger partial charge in [-0.1, -0.05) is 11.6 Å². The highest BCUT2D eigenvalue weighted by Crippen LogP contribution is 2.37. The van der Waals surface area contributed by atoms with Crippen molar-refractivity contribution >= 4 is 23.4 Å². The van der Waals surface area contributed by atoms with Crippen molar-refractivity contribution < 1.29 is 0 Å². The molecule has 2 aliphatic rings. The topological polar surface area (TPSA) is 29.0 Å². The van der Waals surface area contributed by atoms with Gasteiger partial charge in [0, 0.05) is 30.1 Å². The summed E-state index contributed by atoms with van der Waals surface area (Å²) in [5.74, 6) is 1.28. The fraction of sp³-hybridized carbons (Fsp3) is 0.600. The van der Waals surface area contributed by atoms with Crippen LogP contribution in [0.4, 0.5) is 0 Å². The Balaban J connectivity index is 1.68. The van der Waals surface area contributed by atoms with E-state index in [1.807, 2.05) is 12.1 Å². The summed E-state index contributed by atoms with van der Waals surface area (Å²) in [6, 6.07) is 4.54. The van der Waals surface area contributed by atoms with E-state index < -0.39 is 0 Å². The highest BCUT2D eigenvalue weighted by molar-refractivity contribution is 8.00. The standard InChI is InChI=1S/C10H12ClN3S/c11-10-2-1-7(12-13-10)4-14-5-9-3-8(14)6-15-9/h1-2,8-9H,3-6H2. The zero-order valence-electron chi connectivity index (χ0n) is 8.27. The van der Waals surface area contributed by atoms with Gasteiger partial charge in [0.15, 0.2) is 5.15 Å². The van der Waals surface area contributed by atoms with Crippen molar-refractivity contribution in [2.45, 2.75) is 24.3 Å². The molecule has 0 spiro atoms. The number of rotatable bonds is 2. The average Bonchev–Trinajstić information content (AvgIpc) is 2.83. The lowest BCUT2D eigenvalue weighted by Gasteiger charge is -2.25. The van der Waals surface area contributed by atoms with Gasteiger partial charge in [-0.3, -0.25) is 4.90 Å². The summed E-state index contributed by atoms with van der Waals surface area (Å²) in [6.45, 7) is 2.13. The van der Waals surface area contributed by atoms with Gasteiger partial charge < -0.3 is 0 Å². The molecule has 2 unspecified atom stereocenters. The molecule has 5 heteroatoms. The summed E-state index contributed by atoms with van der Waals surface area (Å²) in [4.78, 5) is 2.51. The van der Waals surface area contributed by atoms with Crippen LogP contribution in [-0.2, 0) is 6.54 Å².